The number of allylic oxidation sites excluding steroid dienone is 4. The average Bonchev–Trinajstić information content (AvgIpc) is 3.74. The molecule has 2 aliphatic heterocycles. The lowest BCUT2D eigenvalue weighted by Gasteiger charge is -2.36. The number of nitrogens with zero attached hydrogens (tertiary/aromatic N) is 4. The monoisotopic (exact) mass is 500 g/mol. The van der Waals surface area contributed by atoms with E-state index in [2.05, 4.69) is 20.9 Å². The van der Waals surface area contributed by atoms with E-state index in [-0.39, 0.29) is 18.4 Å². The fourth-order valence-electron chi connectivity index (χ4n) is 4.42. The number of pyridine rings is 1. The van der Waals surface area contributed by atoms with Crippen LogP contribution in [0.15, 0.2) is 54.0 Å². The molecule has 7 nitrogen and oxygen atoms in total. The Hall–Kier alpha value is -3.45. The first-order chi connectivity index (χ1) is 17.4. The van der Waals surface area contributed by atoms with Gasteiger partial charge in [-0.3, -0.25) is 4.90 Å². The predicted molar refractivity (Wildman–Crippen MR) is 124 cm³/mol. The van der Waals surface area contributed by atoms with E-state index >= 15 is 0 Å². The molecule has 1 aromatic rings. The summed E-state index contributed by atoms with van der Waals surface area (Å²) in [6.45, 7) is 3.53. The molecular formula is C26H27F3N4O3. The summed E-state index contributed by atoms with van der Waals surface area (Å²) < 4.78 is 57.8. The number of nitriles is 1. The third-order valence-electron chi connectivity index (χ3n) is 6.65. The first-order valence-corrected chi connectivity index (χ1v) is 12.1. The Labute approximate surface area is 207 Å². The van der Waals surface area contributed by atoms with Gasteiger partial charge in [0, 0.05) is 44.3 Å². The predicted octanol–water partition coefficient (Wildman–Crippen LogP) is 4.81. The second kappa shape index (κ2) is 10.3. The summed E-state index contributed by atoms with van der Waals surface area (Å²) in [6, 6.07) is 2.64. The molecule has 0 radical (unpaired) electrons. The van der Waals surface area contributed by atoms with Gasteiger partial charge < -0.3 is 19.1 Å². The number of halogens is 3. The van der Waals surface area contributed by atoms with Crippen molar-refractivity contribution in [2.75, 3.05) is 39.3 Å². The van der Waals surface area contributed by atoms with E-state index in [1.165, 1.54) is 0 Å². The van der Waals surface area contributed by atoms with Crippen molar-refractivity contribution in [1.82, 2.24) is 14.8 Å². The van der Waals surface area contributed by atoms with Gasteiger partial charge in [-0.1, -0.05) is 18.2 Å². The van der Waals surface area contributed by atoms with Crippen LogP contribution >= 0.6 is 0 Å². The van der Waals surface area contributed by atoms with Gasteiger partial charge in [-0.2, -0.15) is 18.4 Å². The molecule has 2 aliphatic carbocycles. The highest BCUT2D eigenvalue weighted by Gasteiger charge is 2.38. The standard InChI is InChI=1S/C26H27F3N4O3/c27-26(28,29)21-14-22(18-6-7-18)31-25(20(21)15-30)34-13-12-32-8-10-33(11-9-32)24-17-35-23(16-36-24)19-4-2-1-3-5-19/h1-2,4,14,16-18H,3,5-13H2. The first kappa shape index (κ1) is 24.3. The maximum Gasteiger partial charge on any atom is 0.417 e. The lowest BCUT2D eigenvalue weighted by Crippen LogP contribution is -2.47. The molecule has 0 N–H and O–H groups in total. The van der Waals surface area contributed by atoms with Gasteiger partial charge in [0.1, 0.15) is 24.5 Å². The molecule has 0 unspecified atom stereocenters. The Bertz CT molecular complexity index is 1150. The summed E-state index contributed by atoms with van der Waals surface area (Å²) in [4.78, 5) is 8.50. The van der Waals surface area contributed by atoms with E-state index in [1.54, 1.807) is 18.6 Å². The zero-order chi connectivity index (χ0) is 25.1. The molecule has 2 fully saturated rings. The van der Waals surface area contributed by atoms with Crippen LogP contribution in [0.25, 0.3) is 0 Å². The third-order valence-corrected chi connectivity index (χ3v) is 6.65. The van der Waals surface area contributed by atoms with Gasteiger partial charge in [0.25, 0.3) is 0 Å². The fourth-order valence-corrected chi connectivity index (χ4v) is 4.42. The van der Waals surface area contributed by atoms with Crippen molar-refractivity contribution in [3.63, 3.8) is 0 Å². The lowest BCUT2D eigenvalue weighted by atomic mass is 10.0. The normalized spacial score (nSPS) is 20.5. The molecule has 36 heavy (non-hydrogen) atoms. The van der Waals surface area contributed by atoms with Crippen LogP contribution in [0.5, 0.6) is 5.88 Å². The van der Waals surface area contributed by atoms with E-state index in [0.29, 0.717) is 31.2 Å². The molecule has 5 rings (SSSR count). The fraction of sp³-hybridized carbons (Fsp3) is 0.462. The molecule has 0 atom stereocenters. The van der Waals surface area contributed by atoms with E-state index in [9.17, 15) is 18.4 Å². The second-order valence-electron chi connectivity index (χ2n) is 9.17. The number of piperazine rings is 1. The van der Waals surface area contributed by atoms with Gasteiger partial charge in [-0.15, -0.1) is 0 Å². The highest BCUT2D eigenvalue weighted by molar-refractivity contribution is 5.48. The van der Waals surface area contributed by atoms with E-state index < -0.39 is 17.3 Å². The van der Waals surface area contributed by atoms with Crippen LogP contribution < -0.4 is 4.74 Å². The molecule has 0 aromatic carbocycles. The van der Waals surface area contributed by atoms with Crippen molar-refractivity contribution in [3.05, 3.63) is 70.9 Å². The summed E-state index contributed by atoms with van der Waals surface area (Å²) in [5, 5.41) is 9.38. The lowest BCUT2D eigenvalue weighted by molar-refractivity contribution is -0.138. The van der Waals surface area contributed by atoms with Crippen LogP contribution in [0, 0.1) is 11.3 Å². The summed E-state index contributed by atoms with van der Waals surface area (Å²) >= 11 is 0. The zero-order valence-electron chi connectivity index (χ0n) is 19.8. The molecule has 0 spiro atoms. The van der Waals surface area contributed by atoms with Gasteiger partial charge in [0.05, 0.1) is 5.56 Å². The number of ether oxygens (including phenoxy) is 3. The maximum atomic E-state index is 13.5. The van der Waals surface area contributed by atoms with E-state index in [0.717, 1.165) is 56.2 Å². The Kier molecular flexibility index (Phi) is 6.92. The van der Waals surface area contributed by atoms with Crippen LogP contribution in [0.4, 0.5) is 13.2 Å². The summed E-state index contributed by atoms with van der Waals surface area (Å²) in [5.74, 6) is 1.17. The number of hydrogen-bond acceptors (Lipinski definition) is 7. The van der Waals surface area contributed by atoms with Crippen molar-refractivity contribution >= 4 is 0 Å². The highest BCUT2D eigenvalue weighted by Crippen LogP contribution is 2.43. The molecule has 3 heterocycles. The Morgan fingerprint density at radius 2 is 1.94 bits per heavy atom. The largest absolute Gasteiger partial charge is 0.475 e. The van der Waals surface area contributed by atoms with Crippen molar-refractivity contribution < 1.29 is 27.4 Å². The molecule has 1 saturated heterocycles. The van der Waals surface area contributed by atoms with Crippen molar-refractivity contribution in [2.45, 2.75) is 37.8 Å². The van der Waals surface area contributed by atoms with Crippen LogP contribution in [-0.4, -0.2) is 54.1 Å². The van der Waals surface area contributed by atoms with Crippen molar-refractivity contribution in [2.24, 2.45) is 0 Å². The smallest absolute Gasteiger partial charge is 0.417 e. The molecule has 0 bridgehead atoms. The SMILES string of the molecule is N#Cc1c(C(F)(F)F)cc(C2CC2)nc1OCCN1CCN(C2=COC(C3=CC=CCC3)=CO2)CC1. The summed E-state index contributed by atoms with van der Waals surface area (Å²) in [6.07, 6.45) is 8.31. The van der Waals surface area contributed by atoms with Crippen LogP contribution in [-0.2, 0) is 15.7 Å². The quantitative estimate of drug-likeness (QED) is 0.532. The number of aromatic nitrogens is 1. The molecule has 1 aromatic heterocycles. The van der Waals surface area contributed by atoms with Crippen molar-refractivity contribution in [1.29, 1.82) is 5.26 Å². The van der Waals surface area contributed by atoms with E-state index in [1.807, 2.05) is 12.2 Å². The van der Waals surface area contributed by atoms with Crippen molar-refractivity contribution in [3.8, 4) is 11.9 Å². The molecule has 1 saturated carbocycles. The summed E-state index contributed by atoms with van der Waals surface area (Å²) in [5.41, 5.74) is -0.0643. The molecular weight excluding hydrogens is 473 g/mol. The molecule has 4 aliphatic rings. The van der Waals surface area contributed by atoms with Gasteiger partial charge in [0.2, 0.25) is 11.8 Å². The molecule has 10 heteroatoms. The highest BCUT2D eigenvalue weighted by atomic mass is 19.4. The first-order valence-electron chi connectivity index (χ1n) is 12.1. The maximum absolute atomic E-state index is 13.5. The second-order valence-corrected chi connectivity index (χ2v) is 9.17. The number of hydrogen-bond donors (Lipinski definition) is 0. The number of rotatable bonds is 7. The number of alkyl halides is 3. The summed E-state index contributed by atoms with van der Waals surface area (Å²) in [7, 11) is 0. The molecule has 0 amide bonds. The van der Waals surface area contributed by atoms with Crippen LogP contribution in [0.1, 0.15) is 48.4 Å². The van der Waals surface area contributed by atoms with Gasteiger partial charge in [-0.25, -0.2) is 4.98 Å². The Morgan fingerprint density at radius 1 is 1.14 bits per heavy atom. The average molecular weight is 501 g/mol. The topological polar surface area (TPSA) is 70.9 Å². The third kappa shape index (κ3) is 5.51. The Morgan fingerprint density at radius 3 is 2.56 bits per heavy atom. The minimum Gasteiger partial charge on any atom is -0.475 e. The van der Waals surface area contributed by atoms with Gasteiger partial charge in [0.15, 0.2) is 12.0 Å². The Balaban J connectivity index is 1.12. The zero-order valence-corrected chi connectivity index (χ0v) is 19.8. The van der Waals surface area contributed by atoms with E-state index in [4.69, 9.17) is 14.2 Å². The minimum atomic E-state index is -4.63. The van der Waals surface area contributed by atoms with Gasteiger partial charge in [-0.05, 0) is 37.3 Å². The van der Waals surface area contributed by atoms with Gasteiger partial charge >= 0.3 is 6.18 Å². The van der Waals surface area contributed by atoms with Crippen LogP contribution in [0.2, 0.25) is 0 Å². The molecule has 190 valence electrons. The van der Waals surface area contributed by atoms with Crippen LogP contribution in [0.3, 0.4) is 0 Å². The minimum absolute atomic E-state index is 0.0108.